The van der Waals surface area contributed by atoms with Crippen LogP contribution in [0.3, 0.4) is 0 Å². The number of rotatable bonds is 4. The van der Waals surface area contributed by atoms with Crippen LogP contribution in [0.15, 0.2) is 24.5 Å². The maximum Gasteiger partial charge on any atom is 0.0731 e. The standard InChI is InChI=1S/C17H25N3/c1-11(2)20-10-16(9-18-20)19-15(6)17-8-13(4)12(3)7-14(17)5/h7-11,15,19H,1-6H3. The molecule has 2 aromatic rings. The number of anilines is 1. The van der Waals surface area contributed by atoms with Gasteiger partial charge in [-0.25, -0.2) is 0 Å². The Balaban J connectivity index is 2.19. The van der Waals surface area contributed by atoms with Crippen molar-refractivity contribution in [2.75, 3.05) is 5.32 Å². The fraction of sp³-hybridized carbons (Fsp3) is 0.471. The third kappa shape index (κ3) is 3.03. The van der Waals surface area contributed by atoms with E-state index in [1.807, 2.05) is 10.9 Å². The predicted octanol–water partition coefficient (Wildman–Crippen LogP) is 4.56. The molecule has 1 unspecified atom stereocenters. The van der Waals surface area contributed by atoms with Crippen molar-refractivity contribution in [2.45, 2.75) is 53.6 Å². The normalized spacial score (nSPS) is 12.8. The van der Waals surface area contributed by atoms with Crippen LogP contribution in [-0.4, -0.2) is 9.78 Å². The highest BCUT2D eigenvalue weighted by Crippen LogP contribution is 2.25. The maximum atomic E-state index is 4.37. The SMILES string of the molecule is Cc1cc(C)c(C(C)Nc2cnn(C(C)C)c2)cc1C. The summed E-state index contributed by atoms with van der Waals surface area (Å²) in [5.74, 6) is 0. The molecule has 20 heavy (non-hydrogen) atoms. The van der Waals surface area contributed by atoms with E-state index in [9.17, 15) is 0 Å². The van der Waals surface area contributed by atoms with Crippen molar-refractivity contribution in [3.63, 3.8) is 0 Å². The van der Waals surface area contributed by atoms with Crippen molar-refractivity contribution in [2.24, 2.45) is 0 Å². The summed E-state index contributed by atoms with van der Waals surface area (Å²) in [4.78, 5) is 0. The Kier molecular flexibility index (Phi) is 4.17. The predicted molar refractivity (Wildman–Crippen MR) is 85.3 cm³/mol. The van der Waals surface area contributed by atoms with Gasteiger partial charge < -0.3 is 5.32 Å². The van der Waals surface area contributed by atoms with E-state index in [2.05, 4.69) is 70.3 Å². The molecule has 1 heterocycles. The van der Waals surface area contributed by atoms with Crippen LogP contribution in [-0.2, 0) is 0 Å². The van der Waals surface area contributed by atoms with Gasteiger partial charge in [0.2, 0.25) is 0 Å². The molecule has 1 N–H and O–H groups in total. The highest BCUT2D eigenvalue weighted by atomic mass is 15.3. The zero-order chi connectivity index (χ0) is 14.9. The van der Waals surface area contributed by atoms with Crippen molar-refractivity contribution < 1.29 is 0 Å². The lowest BCUT2D eigenvalue weighted by Gasteiger charge is -2.18. The fourth-order valence-corrected chi connectivity index (χ4v) is 2.47. The van der Waals surface area contributed by atoms with Gasteiger partial charge in [-0.05, 0) is 63.8 Å². The molecule has 0 radical (unpaired) electrons. The van der Waals surface area contributed by atoms with Crippen LogP contribution in [0.25, 0.3) is 0 Å². The zero-order valence-electron chi connectivity index (χ0n) is 13.4. The molecular formula is C17H25N3. The van der Waals surface area contributed by atoms with Gasteiger partial charge in [0.25, 0.3) is 0 Å². The van der Waals surface area contributed by atoms with Crippen LogP contribution in [0.4, 0.5) is 5.69 Å². The summed E-state index contributed by atoms with van der Waals surface area (Å²) in [7, 11) is 0. The lowest BCUT2D eigenvalue weighted by atomic mass is 9.96. The Morgan fingerprint density at radius 1 is 1.00 bits per heavy atom. The average molecular weight is 271 g/mol. The highest BCUT2D eigenvalue weighted by molar-refractivity contribution is 5.45. The zero-order valence-corrected chi connectivity index (χ0v) is 13.4. The molecule has 2 rings (SSSR count). The van der Waals surface area contributed by atoms with Gasteiger partial charge in [-0.3, -0.25) is 4.68 Å². The van der Waals surface area contributed by atoms with E-state index in [0.29, 0.717) is 6.04 Å². The van der Waals surface area contributed by atoms with Gasteiger partial charge in [-0.2, -0.15) is 5.10 Å². The minimum Gasteiger partial charge on any atom is -0.376 e. The molecular weight excluding hydrogens is 246 g/mol. The molecule has 3 heteroatoms. The molecule has 1 aromatic carbocycles. The number of benzene rings is 1. The molecule has 1 atom stereocenters. The second-order valence-corrected chi connectivity index (χ2v) is 5.96. The summed E-state index contributed by atoms with van der Waals surface area (Å²) in [6.45, 7) is 13.0. The van der Waals surface area contributed by atoms with Gasteiger partial charge in [0.05, 0.1) is 11.9 Å². The van der Waals surface area contributed by atoms with Gasteiger partial charge in [0.15, 0.2) is 0 Å². The lowest BCUT2D eigenvalue weighted by molar-refractivity contribution is 0.532. The van der Waals surface area contributed by atoms with Gasteiger partial charge in [-0.15, -0.1) is 0 Å². The first-order chi connectivity index (χ1) is 9.38. The van der Waals surface area contributed by atoms with Crippen LogP contribution in [0.1, 0.15) is 55.1 Å². The molecule has 0 saturated heterocycles. The number of aryl methyl sites for hydroxylation is 3. The quantitative estimate of drug-likeness (QED) is 0.883. The molecule has 3 nitrogen and oxygen atoms in total. The Morgan fingerprint density at radius 3 is 2.25 bits per heavy atom. The maximum absolute atomic E-state index is 4.37. The monoisotopic (exact) mass is 271 g/mol. The third-order valence-electron chi connectivity index (χ3n) is 3.86. The molecule has 0 aliphatic heterocycles. The van der Waals surface area contributed by atoms with Crippen molar-refractivity contribution >= 4 is 5.69 Å². The molecule has 1 aromatic heterocycles. The molecule has 0 spiro atoms. The van der Waals surface area contributed by atoms with E-state index in [-0.39, 0.29) is 6.04 Å². The van der Waals surface area contributed by atoms with Gasteiger partial charge in [0.1, 0.15) is 0 Å². The van der Waals surface area contributed by atoms with Crippen LogP contribution >= 0.6 is 0 Å². The minimum absolute atomic E-state index is 0.277. The first kappa shape index (κ1) is 14.6. The summed E-state index contributed by atoms with van der Waals surface area (Å²) < 4.78 is 1.97. The van der Waals surface area contributed by atoms with Crippen LogP contribution < -0.4 is 5.32 Å². The second kappa shape index (κ2) is 5.70. The summed E-state index contributed by atoms with van der Waals surface area (Å²) >= 11 is 0. The second-order valence-electron chi connectivity index (χ2n) is 5.96. The summed E-state index contributed by atoms with van der Waals surface area (Å²) in [5, 5.41) is 7.91. The van der Waals surface area contributed by atoms with E-state index in [0.717, 1.165) is 5.69 Å². The summed E-state index contributed by atoms with van der Waals surface area (Å²) in [6, 6.07) is 5.22. The number of nitrogens with zero attached hydrogens (tertiary/aromatic N) is 2. The molecule has 0 aliphatic carbocycles. The van der Waals surface area contributed by atoms with Crippen molar-refractivity contribution in [3.05, 3.63) is 46.8 Å². The summed E-state index contributed by atoms with van der Waals surface area (Å²) in [5.41, 5.74) is 6.46. The number of nitrogens with one attached hydrogen (secondary N) is 1. The average Bonchev–Trinajstić information content (AvgIpc) is 2.82. The molecule has 0 bridgehead atoms. The molecule has 0 aliphatic rings. The fourth-order valence-electron chi connectivity index (χ4n) is 2.47. The van der Waals surface area contributed by atoms with Crippen LogP contribution in [0.2, 0.25) is 0 Å². The van der Waals surface area contributed by atoms with E-state index in [4.69, 9.17) is 0 Å². The van der Waals surface area contributed by atoms with Gasteiger partial charge >= 0.3 is 0 Å². The number of hydrogen-bond acceptors (Lipinski definition) is 2. The first-order valence-electron chi connectivity index (χ1n) is 7.27. The Hall–Kier alpha value is -1.77. The van der Waals surface area contributed by atoms with Gasteiger partial charge in [0, 0.05) is 18.3 Å². The Labute approximate surface area is 122 Å². The van der Waals surface area contributed by atoms with Crippen LogP contribution in [0.5, 0.6) is 0 Å². The van der Waals surface area contributed by atoms with Crippen molar-refractivity contribution in [1.29, 1.82) is 0 Å². The Morgan fingerprint density at radius 2 is 1.65 bits per heavy atom. The van der Waals surface area contributed by atoms with E-state index in [1.165, 1.54) is 22.3 Å². The number of aromatic nitrogens is 2. The lowest BCUT2D eigenvalue weighted by Crippen LogP contribution is -2.08. The third-order valence-corrected chi connectivity index (χ3v) is 3.86. The van der Waals surface area contributed by atoms with Crippen LogP contribution in [0, 0.1) is 20.8 Å². The molecule has 0 saturated carbocycles. The summed E-state index contributed by atoms with van der Waals surface area (Å²) in [6.07, 6.45) is 3.96. The van der Waals surface area contributed by atoms with E-state index in [1.54, 1.807) is 0 Å². The van der Waals surface area contributed by atoms with Crippen molar-refractivity contribution in [1.82, 2.24) is 9.78 Å². The largest absolute Gasteiger partial charge is 0.376 e. The number of hydrogen-bond donors (Lipinski definition) is 1. The molecule has 108 valence electrons. The molecule has 0 fully saturated rings. The topological polar surface area (TPSA) is 29.9 Å². The van der Waals surface area contributed by atoms with E-state index < -0.39 is 0 Å². The smallest absolute Gasteiger partial charge is 0.0731 e. The van der Waals surface area contributed by atoms with E-state index >= 15 is 0 Å². The van der Waals surface area contributed by atoms with Gasteiger partial charge in [-0.1, -0.05) is 12.1 Å². The molecule has 0 amide bonds. The highest BCUT2D eigenvalue weighted by Gasteiger charge is 2.11. The minimum atomic E-state index is 0.277. The van der Waals surface area contributed by atoms with Crippen molar-refractivity contribution in [3.8, 4) is 0 Å². The first-order valence-corrected chi connectivity index (χ1v) is 7.27. The Bertz CT molecular complexity index is 596.